The Hall–Kier alpha value is -0.590. The summed E-state index contributed by atoms with van der Waals surface area (Å²) in [5, 5.41) is 21.6. The van der Waals surface area contributed by atoms with Gasteiger partial charge < -0.3 is 0 Å². The minimum Gasteiger partial charge on any atom is -0.198 e. The minimum atomic E-state index is -0.530. The zero-order valence-corrected chi connectivity index (χ0v) is 8.09. The molecular weight excluding hydrogens is 152 g/mol. The summed E-state index contributed by atoms with van der Waals surface area (Å²) in [7, 11) is 0. The van der Waals surface area contributed by atoms with Crippen molar-refractivity contribution in [3.8, 4) is 6.07 Å². The SMILES string of the molecule is CC1(C)CC(C#N)C(C)(C)N1[O]. The first-order valence-corrected chi connectivity index (χ1v) is 4.19. The van der Waals surface area contributed by atoms with Gasteiger partial charge in [0.25, 0.3) is 0 Å². The lowest BCUT2D eigenvalue weighted by atomic mass is 9.88. The van der Waals surface area contributed by atoms with Crippen LogP contribution >= 0.6 is 0 Å². The summed E-state index contributed by atoms with van der Waals surface area (Å²) >= 11 is 0. The molecule has 3 heteroatoms. The van der Waals surface area contributed by atoms with E-state index in [0.717, 1.165) is 5.06 Å². The minimum absolute atomic E-state index is 0.148. The molecule has 1 unspecified atom stereocenters. The molecule has 0 spiro atoms. The van der Waals surface area contributed by atoms with Crippen LogP contribution in [0.1, 0.15) is 34.1 Å². The standard InChI is InChI=1S/C9H15N2O/c1-8(2)5-7(6-10)9(3,4)11(8)12/h7H,5H2,1-4H3. The summed E-state index contributed by atoms with van der Waals surface area (Å²) in [6.45, 7) is 7.45. The van der Waals surface area contributed by atoms with E-state index in [1.807, 2.05) is 27.7 Å². The van der Waals surface area contributed by atoms with Crippen LogP contribution in [0.25, 0.3) is 0 Å². The van der Waals surface area contributed by atoms with Gasteiger partial charge in [-0.25, -0.2) is 0 Å². The van der Waals surface area contributed by atoms with Crippen LogP contribution in [0.2, 0.25) is 0 Å². The molecule has 0 aromatic carbocycles. The lowest BCUT2D eigenvalue weighted by Gasteiger charge is -2.32. The summed E-state index contributed by atoms with van der Waals surface area (Å²) in [6, 6.07) is 2.20. The predicted molar refractivity (Wildman–Crippen MR) is 44.4 cm³/mol. The van der Waals surface area contributed by atoms with Gasteiger partial charge >= 0.3 is 0 Å². The Labute approximate surface area is 73.6 Å². The second-order valence-corrected chi connectivity index (χ2v) is 4.65. The quantitative estimate of drug-likeness (QED) is 0.551. The Morgan fingerprint density at radius 2 is 1.92 bits per heavy atom. The molecule has 0 aromatic rings. The van der Waals surface area contributed by atoms with Gasteiger partial charge in [0.2, 0.25) is 0 Å². The third kappa shape index (κ3) is 1.12. The molecule has 0 bridgehead atoms. The van der Waals surface area contributed by atoms with Crippen molar-refractivity contribution < 1.29 is 5.21 Å². The van der Waals surface area contributed by atoms with Gasteiger partial charge in [-0.2, -0.15) is 5.26 Å². The third-order valence-electron chi connectivity index (χ3n) is 2.79. The molecule has 0 aliphatic carbocycles. The van der Waals surface area contributed by atoms with Crippen LogP contribution in [0.4, 0.5) is 0 Å². The molecule has 0 N–H and O–H groups in total. The van der Waals surface area contributed by atoms with Gasteiger partial charge in [-0.1, -0.05) is 0 Å². The van der Waals surface area contributed by atoms with Crippen LogP contribution < -0.4 is 0 Å². The van der Waals surface area contributed by atoms with Crippen molar-refractivity contribution in [3.63, 3.8) is 0 Å². The molecule has 0 amide bonds. The third-order valence-corrected chi connectivity index (χ3v) is 2.79. The monoisotopic (exact) mass is 167 g/mol. The highest BCUT2D eigenvalue weighted by Crippen LogP contribution is 2.43. The van der Waals surface area contributed by atoms with Gasteiger partial charge in [0.1, 0.15) is 0 Å². The lowest BCUT2D eigenvalue weighted by molar-refractivity contribution is -0.246. The Balaban J connectivity index is 2.98. The van der Waals surface area contributed by atoms with E-state index in [0.29, 0.717) is 6.42 Å². The molecule has 1 aliphatic heterocycles. The summed E-state index contributed by atoms with van der Waals surface area (Å²) in [6.07, 6.45) is 0.667. The second kappa shape index (κ2) is 2.45. The number of hydrogen-bond donors (Lipinski definition) is 0. The van der Waals surface area contributed by atoms with Crippen LogP contribution in [-0.4, -0.2) is 16.1 Å². The Morgan fingerprint density at radius 3 is 2.08 bits per heavy atom. The van der Waals surface area contributed by atoms with Gasteiger partial charge in [-0.15, -0.1) is 10.3 Å². The van der Waals surface area contributed by atoms with E-state index in [4.69, 9.17) is 5.26 Å². The van der Waals surface area contributed by atoms with Crippen molar-refractivity contribution in [3.05, 3.63) is 0 Å². The van der Waals surface area contributed by atoms with Crippen LogP contribution in [0.3, 0.4) is 0 Å². The molecule has 12 heavy (non-hydrogen) atoms. The molecule has 1 rings (SSSR count). The highest BCUT2D eigenvalue weighted by Gasteiger charge is 2.52. The van der Waals surface area contributed by atoms with Gasteiger partial charge in [-0.3, -0.25) is 0 Å². The predicted octanol–water partition coefficient (Wildman–Crippen LogP) is 1.73. The van der Waals surface area contributed by atoms with Gasteiger partial charge in [0, 0.05) is 5.54 Å². The number of nitriles is 1. The van der Waals surface area contributed by atoms with Crippen LogP contribution in [0, 0.1) is 17.2 Å². The summed E-state index contributed by atoms with van der Waals surface area (Å²) < 4.78 is 0. The number of nitrogens with zero attached hydrogens (tertiary/aromatic N) is 2. The maximum atomic E-state index is 11.7. The van der Waals surface area contributed by atoms with Gasteiger partial charge in [0.15, 0.2) is 0 Å². The summed E-state index contributed by atoms with van der Waals surface area (Å²) in [5.74, 6) is -0.148. The topological polar surface area (TPSA) is 46.9 Å². The van der Waals surface area contributed by atoms with Crippen molar-refractivity contribution >= 4 is 0 Å². The van der Waals surface area contributed by atoms with Crippen LogP contribution in [0.15, 0.2) is 0 Å². The van der Waals surface area contributed by atoms with E-state index in [2.05, 4.69) is 6.07 Å². The Bertz CT molecular complexity index is 227. The molecule has 1 radical (unpaired) electrons. The van der Waals surface area contributed by atoms with Crippen LogP contribution in [0.5, 0.6) is 0 Å². The maximum Gasteiger partial charge on any atom is 0.0684 e. The largest absolute Gasteiger partial charge is 0.198 e. The molecule has 1 fully saturated rings. The molecule has 1 aliphatic rings. The first kappa shape index (κ1) is 9.50. The molecular formula is C9H15N2O. The fraction of sp³-hybridized carbons (Fsp3) is 0.889. The fourth-order valence-electron chi connectivity index (χ4n) is 1.96. The lowest BCUT2D eigenvalue weighted by Crippen LogP contribution is -2.46. The first-order chi connectivity index (χ1) is 5.32. The average Bonchev–Trinajstić information content (AvgIpc) is 2.11. The zero-order chi connectivity index (χ0) is 9.57. The van der Waals surface area contributed by atoms with E-state index >= 15 is 0 Å². The van der Waals surface area contributed by atoms with E-state index in [1.165, 1.54) is 0 Å². The first-order valence-electron chi connectivity index (χ1n) is 4.19. The van der Waals surface area contributed by atoms with E-state index < -0.39 is 5.54 Å². The van der Waals surface area contributed by atoms with E-state index in [1.54, 1.807) is 0 Å². The van der Waals surface area contributed by atoms with E-state index in [-0.39, 0.29) is 11.5 Å². The molecule has 1 saturated heterocycles. The fourth-order valence-corrected chi connectivity index (χ4v) is 1.96. The number of hydroxylamine groups is 2. The van der Waals surface area contributed by atoms with Crippen LogP contribution in [-0.2, 0) is 5.21 Å². The zero-order valence-electron chi connectivity index (χ0n) is 8.09. The van der Waals surface area contributed by atoms with Gasteiger partial charge in [-0.05, 0) is 34.1 Å². The summed E-state index contributed by atoms with van der Waals surface area (Å²) in [5.41, 5.74) is -0.915. The second-order valence-electron chi connectivity index (χ2n) is 4.65. The van der Waals surface area contributed by atoms with Crippen molar-refractivity contribution in [1.82, 2.24) is 5.06 Å². The number of hydrogen-bond acceptors (Lipinski definition) is 2. The van der Waals surface area contributed by atoms with Crippen molar-refractivity contribution in [2.75, 3.05) is 0 Å². The summed E-state index contributed by atoms with van der Waals surface area (Å²) in [4.78, 5) is 0. The number of rotatable bonds is 0. The van der Waals surface area contributed by atoms with Crippen molar-refractivity contribution in [2.45, 2.75) is 45.2 Å². The molecule has 1 atom stereocenters. The Kier molecular flexibility index (Phi) is 1.94. The molecule has 67 valence electrons. The van der Waals surface area contributed by atoms with Crippen molar-refractivity contribution in [1.29, 1.82) is 5.26 Å². The normalized spacial score (nSPS) is 33.2. The van der Waals surface area contributed by atoms with E-state index in [9.17, 15) is 5.21 Å². The smallest absolute Gasteiger partial charge is 0.0684 e. The highest BCUT2D eigenvalue weighted by atomic mass is 16.5. The molecule has 1 heterocycles. The average molecular weight is 167 g/mol. The molecule has 0 saturated carbocycles. The highest BCUT2D eigenvalue weighted by molar-refractivity contribution is 5.09. The van der Waals surface area contributed by atoms with Gasteiger partial charge in [0.05, 0.1) is 17.5 Å². The Morgan fingerprint density at radius 1 is 1.42 bits per heavy atom. The maximum absolute atomic E-state index is 11.7. The molecule has 3 nitrogen and oxygen atoms in total. The van der Waals surface area contributed by atoms with Crippen molar-refractivity contribution in [2.24, 2.45) is 5.92 Å². The molecule has 0 aromatic heterocycles.